The van der Waals surface area contributed by atoms with Crippen molar-refractivity contribution in [3.63, 3.8) is 0 Å². The van der Waals surface area contributed by atoms with Crippen molar-refractivity contribution in [2.75, 3.05) is 19.6 Å². The fourth-order valence-electron chi connectivity index (χ4n) is 18.6. The van der Waals surface area contributed by atoms with Gasteiger partial charge in [-0.3, -0.25) is 76.7 Å². The zero-order valence-corrected chi connectivity index (χ0v) is 62.8. The van der Waals surface area contributed by atoms with Crippen molar-refractivity contribution < 1.29 is 76.7 Å². The summed E-state index contributed by atoms with van der Waals surface area (Å²) in [5.74, 6) is -11.6. The van der Waals surface area contributed by atoms with E-state index in [4.69, 9.17) is 29.9 Å². The van der Waals surface area contributed by atoms with Gasteiger partial charge in [0.2, 0.25) is 0 Å². The van der Waals surface area contributed by atoms with Gasteiger partial charge in [0, 0.05) is 133 Å². The molecule has 578 valence electrons. The SMILES string of the molecule is O=C1c2ccccc2C(=O)c2cc(N3C(=O)c4cc5c(cc4C3=O)-c3nc-5nc4[nH]c(nc5nc(nc6[nH]c(n3)c3cc7c(cc63)C(=O)N(c3ccc6c(c3)C(=O)c3ccccc3C6=O)C7=O)-c3cc6c(cc3-5)C(=O)N(c3ccc5c(c3)C(=O)c3ccccc3C5=O)C6=O)c3cc5c(cc43)C(=O)N(c3ccc4c(c3)C(=O)c3ccccc3C4=O)C5=O)ccc21. The molecule has 28 nitrogen and oxygen atoms in total. The number of carbonyl (C=O) groups excluding carboxylic acids is 16. The van der Waals surface area contributed by atoms with Crippen molar-refractivity contribution in [3.8, 4) is 45.6 Å². The molecule has 25 rings (SSSR count). The molecule has 124 heavy (non-hydrogen) atoms. The minimum absolute atomic E-state index is 0.0492. The van der Waals surface area contributed by atoms with Crippen LogP contribution in [-0.4, -0.2) is 133 Å². The lowest BCUT2D eigenvalue weighted by molar-refractivity contribution is 0.0910. The predicted molar refractivity (Wildman–Crippen MR) is 440 cm³/mol. The average Bonchev–Trinajstić information content (AvgIpc) is 1.55. The molecule has 8 bridgehead atoms. The van der Waals surface area contributed by atoms with E-state index in [0.29, 0.717) is 0 Å². The number of benzene rings is 12. The van der Waals surface area contributed by atoms with Crippen molar-refractivity contribution >= 4 is 160 Å². The molecule has 0 spiro atoms. The standard InChI is InChI=1S/C96H38N12O16/c109-73-41-9-1-5-13-45(41)77(113)53-25-37(17-21-49(53)73)105-89(117)65-29-57-58(30-66(65)90(105)118)82-97-81(57)101-83-59-31-67-69(93(121)106(91(67)119)38-18-22-50-54(26-38)78(114)46-14-6-2-10-42(46)74(50)110)33-61(59)85(98-83)103-87-63-35-71-72(96(124)108(95(71)123)40-20-24-52-56(28-40)80(116)48-16-8-4-12-44(48)76(52)112)36-64(63)88(100-87)104-86-62-34-70-68(32-60(62)84(99-86)102-82)92(120)107(94(70)122)39-19-23-51-55(27-39)79(115)47-15-7-3-11-43(47)75(51)111/h1-36H,(H2,97,98,99,100,101,102,103,104). The summed E-state index contributed by atoms with van der Waals surface area (Å²) in [6.45, 7) is 0. The average molecular weight is 1620 g/mol. The Kier molecular flexibility index (Phi) is 13.3. The summed E-state index contributed by atoms with van der Waals surface area (Å²) in [6.07, 6.45) is 0. The van der Waals surface area contributed by atoms with E-state index in [2.05, 4.69) is 9.97 Å². The van der Waals surface area contributed by atoms with Crippen LogP contribution in [0.15, 0.2) is 218 Å². The minimum Gasteiger partial charge on any atom is -0.324 e. The van der Waals surface area contributed by atoms with E-state index in [1.165, 1.54) is 170 Å². The topological polar surface area (TPSA) is 395 Å². The monoisotopic (exact) mass is 1610 g/mol. The molecule has 4 aliphatic carbocycles. The number of rotatable bonds is 4. The molecule has 6 aliphatic heterocycles. The molecule has 0 radical (unpaired) electrons. The lowest BCUT2D eigenvalue weighted by Gasteiger charge is -2.20. The molecule has 0 atom stereocenters. The van der Waals surface area contributed by atoms with Crippen LogP contribution in [0.4, 0.5) is 22.7 Å². The fourth-order valence-corrected chi connectivity index (χ4v) is 18.6. The van der Waals surface area contributed by atoms with E-state index < -0.39 is 93.5 Å². The lowest BCUT2D eigenvalue weighted by atomic mass is 9.84. The number of carbonyl (C=O) groups is 16. The van der Waals surface area contributed by atoms with Gasteiger partial charge in [-0.1, -0.05) is 97.1 Å². The third kappa shape index (κ3) is 8.99. The number of fused-ring (bicyclic) bond motifs is 32. The Labute approximate surface area is 690 Å². The molecule has 3 aromatic heterocycles. The zero-order chi connectivity index (χ0) is 84.1. The Bertz CT molecular complexity index is 7700. The predicted octanol–water partition coefficient (Wildman–Crippen LogP) is 13.2. The van der Waals surface area contributed by atoms with Gasteiger partial charge in [-0.2, -0.15) is 0 Å². The molecule has 28 heteroatoms. The van der Waals surface area contributed by atoms with Gasteiger partial charge in [0.15, 0.2) is 69.6 Å². The van der Waals surface area contributed by atoms with Gasteiger partial charge >= 0.3 is 0 Å². The number of anilines is 4. The van der Waals surface area contributed by atoms with Crippen LogP contribution in [-0.2, 0) is 0 Å². The quantitative estimate of drug-likeness (QED) is 0.155. The summed E-state index contributed by atoms with van der Waals surface area (Å²) in [5, 5.41) is 0.382. The number of aromatic nitrogens is 8. The highest BCUT2D eigenvalue weighted by Gasteiger charge is 2.47. The van der Waals surface area contributed by atoms with E-state index in [1.54, 1.807) is 48.5 Å². The van der Waals surface area contributed by atoms with E-state index in [1.807, 2.05) is 0 Å². The largest absolute Gasteiger partial charge is 0.324 e. The molecule has 12 aromatic carbocycles. The minimum atomic E-state index is -0.864. The van der Waals surface area contributed by atoms with Crippen molar-refractivity contribution in [1.29, 1.82) is 0 Å². The van der Waals surface area contributed by atoms with Crippen LogP contribution in [0.5, 0.6) is 0 Å². The number of imide groups is 4. The molecule has 0 saturated carbocycles. The Hall–Kier alpha value is -18.1. The van der Waals surface area contributed by atoms with Gasteiger partial charge in [-0.15, -0.1) is 0 Å². The Morgan fingerprint density at radius 1 is 0.161 bits per heavy atom. The van der Waals surface area contributed by atoms with Crippen LogP contribution in [0, 0.1) is 0 Å². The summed E-state index contributed by atoms with van der Waals surface area (Å²) in [7, 11) is 0. The van der Waals surface area contributed by atoms with Gasteiger partial charge < -0.3 is 9.97 Å². The number of hydrogen-bond donors (Lipinski definition) is 2. The van der Waals surface area contributed by atoms with E-state index in [0.717, 1.165) is 19.6 Å². The second kappa shape index (κ2) is 23.9. The Morgan fingerprint density at radius 3 is 0.524 bits per heavy atom. The number of H-pyrrole nitrogens is 2. The van der Waals surface area contributed by atoms with Crippen molar-refractivity contribution in [2.45, 2.75) is 0 Å². The molecule has 10 aliphatic rings. The van der Waals surface area contributed by atoms with Crippen LogP contribution in [0.25, 0.3) is 89.7 Å². The number of aromatic amines is 2. The first-order chi connectivity index (χ1) is 60.1. The van der Waals surface area contributed by atoms with Crippen molar-refractivity contribution in [1.82, 2.24) is 39.9 Å². The van der Waals surface area contributed by atoms with Gasteiger partial charge in [0.05, 0.1) is 67.3 Å². The molecule has 2 N–H and O–H groups in total. The van der Waals surface area contributed by atoms with E-state index in [-0.39, 0.29) is 246 Å². The van der Waals surface area contributed by atoms with Gasteiger partial charge in [-0.25, -0.2) is 49.5 Å². The highest BCUT2D eigenvalue weighted by molar-refractivity contribution is 6.41. The second-order valence-electron chi connectivity index (χ2n) is 30.9. The molecular formula is C96H38N12O16. The molecule has 0 saturated heterocycles. The summed E-state index contributed by atoms with van der Waals surface area (Å²) in [6, 6.07) is 52.3. The Morgan fingerprint density at radius 2 is 0.331 bits per heavy atom. The van der Waals surface area contributed by atoms with Gasteiger partial charge in [0.1, 0.15) is 22.6 Å². The second-order valence-corrected chi connectivity index (χ2v) is 30.9. The van der Waals surface area contributed by atoms with E-state index >= 15 is 38.4 Å². The maximum atomic E-state index is 15.2. The van der Waals surface area contributed by atoms with Crippen LogP contribution >= 0.6 is 0 Å². The van der Waals surface area contributed by atoms with Crippen LogP contribution in [0.1, 0.15) is 210 Å². The zero-order valence-electron chi connectivity index (χ0n) is 62.8. The fraction of sp³-hybridized carbons (Fsp3) is 0. The first-order valence-corrected chi connectivity index (χ1v) is 38.5. The van der Waals surface area contributed by atoms with Crippen LogP contribution in [0.2, 0.25) is 0 Å². The number of nitrogens with one attached hydrogen (secondary N) is 2. The molecule has 0 fully saturated rings. The van der Waals surface area contributed by atoms with Crippen LogP contribution < -0.4 is 19.6 Å². The molecule has 15 aromatic rings. The van der Waals surface area contributed by atoms with Crippen molar-refractivity contribution in [2.24, 2.45) is 0 Å². The third-order valence-corrected chi connectivity index (χ3v) is 24.5. The first-order valence-electron chi connectivity index (χ1n) is 38.5. The molecular weight excluding hydrogens is 1580 g/mol. The number of amides is 8. The molecule has 9 heterocycles. The number of ketones is 8. The maximum absolute atomic E-state index is 15.2. The van der Waals surface area contributed by atoms with Crippen LogP contribution in [0.3, 0.4) is 0 Å². The van der Waals surface area contributed by atoms with Gasteiger partial charge in [-0.05, 0) is 121 Å². The number of nitrogens with zero attached hydrogens (tertiary/aromatic N) is 10. The lowest BCUT2D eigenvalue weighted by Crippen LogP contribution is -2.30. The Balaban J connectivity index is 0.705. The summed E-state index contributed by atoms with van der Waals surface area (Å²) in [4.78, 5) is 275. The highest BCUT2D eigenvalue weighted by Crippen LogP contribution is 2.47. The summed E-state index contributed by atoms with van der Waals surface area (Å²) >= 11 is 0. The number of hydrogen-bond acceptors (Lipinski definition) is 22. The maximum Gasteiger partial charge on any atom is 0.266 e. The van der Waals surface area contributed by atoms with E-state index in [9.17, 15) is 38.4 Å². The third-order valence-electron chi connectivity index (χ3n) is 24.5. The smallest absolute Gasteiger partial charge is 0.266 e. The summed E-state index contributed by atoms with van der Waals surface area (Å²) in [5.41, 5.74) is -0.603. The van der Waals surface area contributed by atoms with Crippen molar-refractivity contribution in [3.05, 3.63) is 352 Å². The highest BCUT2D eigenvalue weighted by atomic mass is 16.2. The molecule has 0 unspecified atom stereocenters. The summed E-state index contributed by atoms with van der Waals surface area (Å²) < 4.78 is 0. The molecule has 8 amide bonds. The van der Waals surface area contributed by atoms with Gasteiger partial charge in [0.25, 0.3) is 47.3 Å². The first kappa shape index (κ1) is 69.1. The normalized spacial score (nSPS) is 15.3.